The van der Waals surface area contributed by atoms with Crippen LogP contribution in [-0.2, 0) is 10.3 Å². The number of fused-ring (bicyclic) bond motifs is 1. The molecule has 2 aromatic rings. The van der Waals surface area contributed by atoms with E-state index in [2.05, 4.69) is 50.1 Å². The van der Waals surface area contributed by atoms with Crippen molar-refractivity contribution in [1.82, 2.24) is 0 Å². The fourth-order valence-corrected chi connectivity index (χ4v) is 3.28. The normalized spacial score (nSPS) is 20.4. The number of nitrogens with zero attached hydrogens (tertiary/aromatic N) is 1. The lowest BCUT2D eigenvalue weighted by Crippen LogP contribution is -2.42. The molecule has 21 heavy (non-hydrogen) atoms. The molecule has 0 spiro atoms. The number of furan rings is 1. The molecule has 1 aromatic heterocycles. The summed E-state index contributed by atoms with van der Waals surface area (Å²) < 4.78 is 12.4. The molecule has 1 aliphatic heterocycles. The van der Waals surface area contributed by atoms with E-state index < -0.39 is 0 Å². The van der Waals surface area contributed by atoms with Gasteiger partial charge in [-0.15, -0.1) is 0 Å². The number of para-hydroxylation sites is 1. The molecule has 1 aliphatic rings. The Morgan fingerprint density at radius 2 is 1.81 bits per heavy atom. The highest BCUT2D eigenvalue weighted by molar-refractivity contribution is 5.58. The van der Waals surface area contributed by atoms with Crippen LogP contribution in [0.15, 0.2) is 40.8 Å². The Morgan fingerprint density at radius 3 is 2.43 bits per heavy atom. The van der Waals surface area contributed by atoms with Crippen LogP contribution in [-0.4, -0.2) is 7.05 Å². The lowest BCUT2D eigenvalue weighted by Gasteiger charge is -2.46. The lowest BCUT2D eigenvalue weighted by molar-refractivity contribution is -0.122. The van der Waals surface area contributed by atoms with E-state index in [1.807, 2.05) is 19.1 Å². The first-order valence-electron chi connectivity index (χ1n) is 7.68. The molecule has 112 valence electrons. The third kappa shape index (κ3) is 2.16. The van der Waals surface area contributed by atoms with Crippen LogP contribution in [0.1, 0.15) is 50.0 Å². The van der Waals surface area contributed by atoms with Crippen molar-refractivity contribution in [2.75, 3.05) is 11.9 Å². The lowest BCUT2D eigenvalue weighted by atomic mass is 9.85. The highest BCUT2D eigenvalue weighted by Crippen LogP contribution is 2.48. The Hall–Kier alpha value is -1.74. The van der Waals surface area contributed by atoms with E-state index >= 15 is 0 Å². The van der Waals surface area contributed by atoms with Crippen LogP contribution in [0.4, 0.5) is 5.69 Å². The molecule has 3 heteroatoms. The van der Waals surface area contributed by atoms with Gasteiger partial charge in [0.25, 0.3) is 0 Å². The van der Waals surface area contributed by atoms with Gasteiger partial charge in [0.1, 0.15) is 5.76 Å². The Morgan fingerprint density at radius 1 is 1.10 bits per heavy atom. The van der Waals surface area contributed by atoms with Crippen molar-refractivity contribution in [3.05, 3.63) is 53.5 Å². The molecule has 3 rings (SSSR count). The zero-order chi connectivity index (χ0) is 15.0. The van der Waals surface area contributed by atoms with Crippen LogP contribution in [0.3, 0.4) is 0 Å². The van der Waals surface area contributed by atoms with Gasteiger partial charge in [0.15, 0.2) is 12.0 Å². The second-order valence-electron chi connectivity index (χ2n) is 5.75. The molecule has 3 nitrogen and oxygen atoms in total. The van der Waals surface area contributed by atoms with Gasteiger partial charge in [0, 0.05) is 18.3 Å². The molecule has 0 bridgehead atoms. The SMILES string of the molecule is CCC1(CC)OC(c2ccc(C)o2)N(C)c2ccccc21. The first-order valence-corrected chi connectivity index (χ1v) is 7.68. The highest BCUT2D eigenvalue weighted by Gasteiger charge is 2.42. The monoisotopic (exact) mass is 285 g/mol. The van der Waals surface area contributed by atoms with Gasteiger partial charge >= 0.3 is 0 Å². The standard InChI is InChI=1S/C18H23NO2/c1-5-18(6-2)14-9-7-8-10-15(14)19(4)17(21-18)16-12-11-13(3)20-16/h7-12,17H,5-6H2,1-4H3. The number of hydrogen-bond acceptors (Lipinski definition) is 3. The first-order chi connectivity index (χ1) is 10.1. The fraction of sp³-hybridized carbons (Fsp3) is 0.444. The quantitative estimate of drug-likeness (QED) is 0.812. The summed E-state index contributed by atoms with van der Waals surface area (Å²) in [5.41, 5.74) is 2.26. The number of rotatable bonds is 3. The summed E-state index contributed by atoms with van der Waals surface area (Å²) in [5.74, 6) is 1.79. The highest BCUT2D eigenvalue weighted by atomic mass is 16.5. The molecule has 0 saturated heterocycles. The summed E-state index contributed by atoms with van der Waals surface area (Å²) >= 11 is 0. The van der Waals surface area contributed by atoms with E-state index in [-0.39, 0.29) is 11.8 Å². The molecule has 0 fully saturated rings. The van der Waals surface area contributed by atoms with E-state index in [1.165, 1.54) is 11.3 Å². The number of ether oxygens (including phenoxy) is 1. The molecule has 1 atom stereocenters. The summed E-state index contributed by atoms with van der Waals surface area (Å²) in [7, 11) is 2.07. The van der Waals surface area contributed by atoms with Gasteiger partial charge in [-0.2, -0.15) is 0 Å². The van der Waals surface area contributed by atoms with E-state index in [4.69, 9.17) is 9.15 Å². The van der Waals surface area contributed by atoms with E-state index in [0.29, 0.717) is 0 Å². The Labute approximate surface area is 126 Å². The number of hydrogen-bond donors (Lipinski definition) is 0. The van der Waals surface area contributed by atoms with Gasteiger partial charge in [0.2, 0.25) is 0 Å². The van der Waals surface area contributed by atoms with Gasteiger partial charge in [-0.3, -0.25) is 0 Å². The predicted molar refractivity (Wildman–Crippen MR) is 84.4 cm³/mol. The van der Waals surface area contributed by atoms with Crippen molar-refractivity contribution in [3.8, 4) is 0 Å². The largest absolute Gasteiger partial charge is 0.462 e. The van der Waals surface area contributed by atoms with Crippen molar-refractivity contribution in [3.63, 3.8) is 0 Å². The number of benzene rings is 1. The molecule has 1 aromatic carbocycles. The Kier molecular flexibility index (Phi) is 3.54. The molecule has 0 radical (unpaired) electrons. The molecule has 0 amide bonds. The van der Waals surface area contributed by atoms with Crippen LogP contribution in [0.25, 0.3) is 0 Å². The summed E-state index contributed by atoms with van der Waals surface area (Å²) in [5, 5.41) is 0. The van der Waals surface area contributed by atoms with Gasteiger partial charge in [-0.1, -0.05) is 32.0 Å². The molecule has 0 N–H and O–H groups in total. The summed E-state index contributed by atoms with van der Waals surface area (Å²) in [6.07, 6.45) is 1.73. The van der Waals surface area contributed by atoms with Crippen molar-refractivity contribution in [2.45, 2.75) is 45.4 Å². The van der Waals surface area contributed by atoms with Crippen molar-refractivity contribution < 1.29 is 9.15 Å². The molecule has 0 saturated carbocycles. The maximum atomic E-state index is 6.54. The van der Waals surface area contributed by atoms with Gasteiger partial charge < -0.3 is 14.1 Å². The van der Waals surface area contributed by atoms with Gasteiger partial charge in [0.05, 0.1) is 5.60 Å². The smallest absolute Gasteiger partial charge is 0.190 e. The van der Waals surface area contributed by atoms with Gasteiger partial charge in [-0.25, -0.2) is 0 Å². The van der Waals surface area contributed by atoms with Crippen LogP contribution in [0, 0.1) is 6.92 Å². The molecular weight excluding hydrogens is 262 g/mol. The zero-order valence-corrected chi connectivity index (χ0v) is 13.2. The third-order valence-electron chi connectivity index (χ3n) is 4.61. The molecule has 1 unspecified atom stereocenters. The minimum Gasteiger partial charge on any atom is -0.462 e. The first kappa shape index (κ1) is 14.2. The zero-order valence-electron chi connectivity index (χ0n) is 13.2. The average Bonchev–Trinajstić information content (AvgIpc) is 2.95. The number of anilines is 1. The summed E-state index contributed by atoms with van der Waals surface area (Å²) in [6.45, 7) is 6.35. The van der Waals surface area contributed by atoms with Gasteiger partial charge in [-0.05, 0) is 38.0 Å². The van der Waals surface area contributed by atoms with Crippen molar-refractivity contribution in [2.24, 2.45) is 0 Å². The predicted octanol–water partition coefficient (Wildman–Crippen LogP) is 4.77. The van der Waals surface area contributed by atoms with Crippen LogP contribution in [0.2, 0.25) is 0 Å². The van der Waals surface area contributed by atoms with Crippen LogP contribution >= 0.6 is 0 Å². The molecule has 2 heterocycles. The third-order valence-corrected chi connectivity index (χ3v) is 4.61. The Bertz CT molecular complexity index is 628. The minimum absolute atomic E-state index is 0.173. The van der Waals surface area contributed by atoms with E-state index in [9.17, 15) is 0 Å². The molecule has 0 aliphatic carbocycles. The number of aryl methyl sites for hydroxylation is 1. The van der Waals surface area contributed by atoms with Crippen LogP contribution in [0.5, 0.6) is 0 Å². The average molecular weight is 285 g/mol. The van der Waals surface area contributed by atoms with Crippen LogP contribution < -0.4 is 4.90 Å². The fourth-order valence-electron chi connectivity index (χ4n) is 3.28. The summed E-state index contributed by atoms with van der Waals surface area (Å²) in [4.78, 5) is 2.16. The summed E-state index contributed by atoms with van der Waals surface area (Å²) in [6, 6.07) is 12.5. The molecular formula is C18H23NO2. The second-order valence-corrected chi connectivity index (χ2v) is 5.75. The van der Waals surface area contributed by atoms with E-state index in [1.54, 1.807) is 0 Å². The topological polar surface area (TPSA) is 25.6 Å². The Balaban J connectivity index is 2.12. The van der Waals surface area contributed by atoms with Crippen molar-refractivity contribution in [1.29, 1.82) is 0 Å². The maximum absolute atomic E-state index is 6.54. The van der Waals surface area contributed by atoms with Crippen molar-refractivity contribution >= 4 is 5.69 Å². The second kappa shape index (κ2) is 5.23. The maximum Gasteiger partial charge on any atom is 0.190 e. The minimum atomic E-state index is -0.242. The van der Waals surface area contributed by atoms with E-state index in [0.717, 1.165) is 24.4 Å².